The Kier molecular flexibility index (Phi) is 4.02. The van der Waals surface area contributed by atoms with E-state index in [2.05, 4.69) is 15.5 Å². The van der Waals surface area contributed by atoms with E-state index in [1.165, 1.54) is 16.3 Å². The second-order valence-corrected chi connectivity index (χ2v) is 5.54. The molecule has 7 nitrogen and oxygen atoms in total. The highest BCUT2D eigenvalue weighted by Crippen LogP contribution is 2.19. The van der Waals surface area contributed by atoms with Gasteiger partial charge in [0.25, 0.3) is 0 Å². The van der Waals surface area contributed by atoms with Crippen LogP contribution in [0.3, 0.4) is 0 Å². The van der Waals surface area contributed by atoms with Crippen LogP contribution in [0.2, 0.25) is 0 Å². The molecule has 2 aromatic heterocycles. The van der Waals surface area contributed by atoms with Crippen molar-refractivity contribution in [2.24, 2.45) is 0 Å². The van der Waals surface area contributed by atoms with Crippen molar-refractivity contribution in [1.29, 1.82) is 0 Å². The van der Waals surface area contributed by atoms with Crippen molar-refractivity contribution >= 4 is 23.1 Å². The van der Waals surface area contributed by atoms with E-state index in [1.54, 1.807) is 31.2 Å². The van der Waals surface area contributed by atoms with Crippen molar-refractivity contribution in [3.8, 4) is 5.69 Å². The summed E-state index contributed by atoms with van der Waals surface area (Å²) in [4.78, 5) is 23.2. The minimum atomic E-state index is -0.457. The number of carbonyl (C=O) groups is 1. The molecule has 0 fully saturated rings. The Morgan fingerprint density at radius 2 is 2.17 bits per heavy atom. The van der Waals surface area contributed by atoms with Gasteiger partial charge in [-0.3, -0.25) is 9.59 Å². The Balaban J connectivity index is 1.86. The number of carbonyl (C=O) groups excluding carboxylic acids is 1. The largest absolute Gasteiger partial charge is 0.325 e. The van der Waals surface area contributed by atoms with Crippen LogP contribution in [0.1, 0.15) is 5.69 Å². The van der Waals surface area contributed by atoms with Crippen LogP contribution in [0.5, 0.6) is 0 Å². The van der Waals surface area contributed by atoms with Crippen LogP contribution >= 0.6 is 11.3 Å². The number of anilines is 1. The van der Waals surface area contributed by atoms with Gasteiger partial charge in [0.15, 0.2) is 0 Å². The number of aromatic nitrogens is 4. The van der Waals surface area contributed by atoms with Crippen molar-refractivity contribution in [2.75, 3.05) is 5.32 Å². The second-order valence-electron chi connectivity index (χ2n) is 4.74. The number of hydrogen-bond acceptors (Lipinski definition) is 5. The Bertz CT molecular complexity index is 914. The molecule has 1 aromatic carbocycles. The molecular formula is C14H12FN5O2S. The summed E-state index contributed by atoms with van der Waals surface area (Å²) in [7, 11) is 0. The minimum Gasteiger partial charge on any atom is -0.309 e. The molecule has 0 radical (unpaired) electrons. The molecule has 3 rings (SSSR count). The fraction of sp³-hybridized carbons (Fsp3) is 0.143. The molecular weight excluding hydrogens is 321 g/mol. The minimum absolute atomic E-state index is 0.218. The molecule has 0 bridgehead atoms. The number of amides is 1. The molecule has 0 aliphatic rings. The van der Waals surface area contributed by atoms with Crippen LogP contribution in [0.15, 0.2) is 40.6 Å². The summed E-state index contributed by atoms with van der Waals surface area (Å²) in [5.41, 5.74) is 2.21. The number of para-hydroxylation sites is 1. The second kappa shape index (κ2) is 6.13. The van der Waals surface area contributed by atoms with Crippen LogP contribution in [0, 0.1) is 12.7 Å². The lowest BCUT2D eigenvalue weighted by molar-refractivity contribution is -0.117. The van der Waals surface area contributed by atoms with Gasteiger partial charge in [0.2, 0.25) is 5.91 Å². The quantitative estimate of drug-likeness (QED) is 0.786. The first-order valence-corrected chi connectivity index (χ1v) is 7.54. The fourth-order valence-electron chi connectivity index (χ4n) is 2.05. The van der Waals surface area contributed by atoms with Gasteiger partial charge in [-0.25, -0.2) is 13.8 Å². The summed E-state index contributed by atoms with van der Waals surface area (Å²) in [6.07, 6.45) is 0. The lowest BCUT2D eigenvalue weighted by Gasteiger charge is -2.09. The summed E-state index contributed by atoms with van der Waals surface area (Å²) in [5, 5.41) is 10.6. The van der Waals surface area contributed by atoms with E-state index >= 15 is 0 Å². The summed E-state index contributed by atoms with van der Waals surface area (Å²) in [5.74, 6) is -0.585. The van der Waals surface area contributed by atoms with Crippen molar-refractivity contribution in [2.45, 2.75) is 13.5 Å². The number of hydrogen-bond donors (Lipinski definition) is 1. The number of benzene rings is 1. The van der Waals surface area contributed by atoms with Gasteiger partial charge in [-0.15, -0.1) is 0 Å². The first-order chi connectivity index (χ1) is 11.0. The molecule has 3 aromatic rings. The Morgan fingerprint density at radius 1 is 1.39 bits per heavy atom. The molecule has 0 unspecified atom stereocenters. The molecule has 9 heteroatoms. The van der Waals surface area contributed by atoms with E-state index in [4.69, 9.17) is 0 Å². The highest BCUT2D eigenvalue weighted by atomic mass is 32.1. The van der Waals surface area contributed by atoms with Gasteiger partial charge in [0.05, 0.1) is 5.69 Å². The van der Waals surface area contributed by atoms with Gasteiger partial charge in [0, 0.05) is 6.07 Å². The zero-order chi connectivity index (χ0) is 16.4. The molecule has 0 spiro atoms. The fourth-order valence-corrected chi connectivity index (χ4v) is 2.54. The first kappa shape index (κ1) is 15.1. The summed E-state index contributed by atoms with van der Waals surface area (Å²) in [6.45, 7) is 1.52. The van der Waals surface area contributed by atoms with Crippen molar-refractivity contribution in [3.05, 3.63) is 57.0 Å². The molecule has 0 aliphatic heterocycles. The van der Waals surface area contributed by atoms with E-state index < -0.39 is 11.7 Å². The third-order valence-corrected chi connectivity index (χ3v) is 3.64. The van der Waals surface area contributed by atoms with E-state index in [0.717, 1.165) is 16.0 Å². The smallest absolute Gasteiger partial charge is 0.309 e. The average Bonchev–Trinajstić information content (AvgIpc) is 3.06. The first-order valence-electron chi connectivity index (χ1n) is 6.66. The third-order valence-electron chi connectivity index (χ3n) is 3.02. The van der Waals surface area contributed by atoms with E-state index in [9.17, 15) is 14.0 Å². The number of nitrogens with one attached hydrogen (secondary N) is 1. The van der Waals surface area contributed by atoms with Crippen molar-refractivity contribution < 1.29 is 9.18 Å². The molecule has 1 amide bonds. The van der Waals surface area contributed by atoms with Gasteiger partial charge >= 0.3 is 4.87 Å². The monoisotopic (exact) mass is 333 g/mol. The zero-order valence-corrected chi connectivity index (χ0v) is 12.9. The summed E-state index contributed by atoms with van der Waals surface area (Å²) < 4.78 is 16.3. The third kappa shape index (κ3) is 3.19. The number of nitrogens with zero attached hydrogens (tertiary/aromatic N) is 4. The van der Waals surface area contributed by atoms with Gasteiger partial charge in [-0.1, -0.05) is 23.5 Å². The predicted octanol–water partition coefficient (Wildman–Crippen LogP) is 1.58. The summed E-state index contributed by atoms with van der Waals surface area (Å²) in [6, 6.07) is 7.74. The predicted molar refractivity (Wildman–Crippen MR) is 83.3 cm³/mol. The maximum atomic E-state index is 13.9. The van der Waals surface area contributed by atoms with E-state index in [0.29, 0.717) is 11.5 Å². The van der Waals surface area contributed by atoms with Gasteiger partial charge in [-0.05, 0) is 19.1 Å². The van der Waals surface area contributed by atoms with Crippen LogP contribution in [-0.2, 0) is 11.3 Å². The normalized spacial score (nSPS) is 10.7. The molecule has 0 saturated heterocycles. The number of halogens is 1. The van der Waals surface area contributed by atoms with Crippen LogP contribution < -0.4 is 10.2 Å². The molecule has 1 N–H and O–H groups in total. The maximum Gasteiger partial charge on any atom is 0.325 e. The highest BCUT2D eigenvalue weighted by Gasteiger charge is 2.14. The van der Waals surface area contributed by atoms with Gasteiger partial charge < -0.3 is 5.32 Å². The average molecular weight is 333 g/mol. The SMILES string of the molecule is Cc1cc(NC(=O)Cn2ncsc2=O)n(-c2ccccc2F)n1. The Hall–Kier alpha value is -2.81. The lowest BCUT2D eigenvalue weighted by Crippen LogP contribution is -2.26. The van der Waals surface area contributed by atoms with Crippen molar-refractivity contribution in [3.63, 3.8) is 0 Å². The van der Waals surface area contributed by atoms with Crippen LogP contribution in [0.4, 0.5) is 10.2 Å². The van der Waals surface area contributed by atoms with Gasteiger partial charge in [-0.2, -0.15) is 10.2 Å². The topological polar surface area (TPSA) is 81.8 Å². The molecule has 23 heavy (non-hydrogen) atoms. The number of aryl methyl sites for hydroxylation is 1. The summed E-state index contributed by atoms with van der Waals surface area (Å²) >= 11 is 0.908. The maximum absolute atomic E-state index is 13.9. The van der Waals surface area contributed by atoms with E-state index in [-0.39, 0.29) is 17.1 Å². The molecule has 118 valence electrons. The standard InChI is InChI=1S/C14H12FN5O2S/c1-9-6-12(17-13(21)7-19-14(22)23-8-16-19)20(18-9)11-5-3-2-4-10(11)15/h2-6,8H,7H2,1H3,(H,17,21). The Morgan fingerprint density at radius 3 is 2.87 bits per heavy atom. The highest BCUT2D eigenvalue weighted by molar-refractivity contribution is 7.06. The number of rotatable bonds is 4. The molecule has 2 heterocycles. The van der Waals surface area contributed by atoms with Crippen molar-refractivity contribution in [1.82, 2.24) is 19.6 Å². The van der Waals surface area contributed by atoms with Crippen LogP contribution in [0.25, 0.3) is 5.69 Å². The lowest BCUT2D eigenvalue weighted by atomic mass is 10.3. The zero-order valence-electron chi connectivity index (χ0n) is 12.1. The Labute approximate surface area is 134 Å². The van der Waals surface area contributed by atoms with Crippen LogP contribution in [-0.4, -0.2) is 25.5 Å². The molecule has 0 aliphatic carbocycles. The molecule has 0 saturated carbocycles. The van der Waals surface area contributed by atoms with Gasteiger partial charge in [0.1, 0.15) is 29.4 Å². The molecule has 0 atom stereocenters. The van der Waals surface area contributed by atoms with E-state index in [1.807, 2.05) is 0 Å².